The highest BCUT2D eigenvalue weighted by atomic mass is 79.9. The van der Waals surface area contributed by atoms with Crippen molar-refractivity contribution < 1.29 is 21.6 Å². The van der Waals surface area contributed by atoms with E-state index in [1.165, 1.54) is 6.07 Å². The lowest BCUT2D eigenvalue weighted by atomic mass is 10.2. The zero-order chi connectivity index (χ0) is 13.3. The maximum atomic E-state index is 12.5. The van der Waals surface area contributed by atoms with E-state index in [0.717, 1.165) is 12.1 Å². The number of alkyl halides is 4. The van der Waals surface area contributed by atoms with E-state index < -0.39 is 26.4 Å². The second-order valence-corrected chi connectivity index (χ2v) is 6.90. The van der Waals surface area contributed by atoms with Gasteiger partial charge in [0.1, 0.15) is 4.66 Å². The fourth-order valence-electron chi connectivity index (χ4n) is 1.01. The molecule has 0 bridgehead atoms. The quantitative estimate of drug-likeness (QED) is 0.794. The average molecular weight is 397 g/mol. The van der Waals surface area contributed by atoms with Crippen LogP contribution in [0.15, 0.2) is 22.7 Å². The summed E-state index contributed by atoms with van der Waals surface area (Å²) in [6.45, 7) is 0. The van der Waals surface area contributed by atoms with Gasteiger partial charge in [-0.15, -0.1) is 0 Å². The highest BCUT2D eigenvalue weighted by Gasteiger charge is 2.33. The van der Waals surface area contributed by atoms with Crippen LogP contribution in [-0.4, -0.2) is 13.1 Å². The van der Waals surface area contributed by atoms with Crippen LogP contribution in [0.25, 0.3) is 0 Å². The van der Waals surface area contributed by atoms with E-state index in [1.54, 1.807) is 0 Å². The molecule has 1 N–H and O–H groups in total. The normalized spacial score (nSPS) is 12.5. The minimum atomic E-state index is -4.55. The zero-order valence-corrected chi connectivity index (χ0v) is 12.0. The molecular weight excluding hydrogens is 391 g/mol. The summed E-state index contributed by atoms with van der Waals surface area (Å²) in [6.07, 6.45) is -4.55. The first-order valence-electron chi connectivity index (χ1n) is 4.09. The predicted octanol–water partition coefficient (Wildman–Crippen LogP) is 3.56. The SMILES string of the molecule is O=S(=O)(CBr)Nc1ccc(Br)c(C(F)(F)F)c1. The summed E-state index contributed by atoms with van der Waals surface area (Å²) in [5.41, 5.74) is -1.08. The smallest absolute Gasteiger partial charge is 0.283 e. The van der Waals surface area contributed by atoms with Crippen molar-refractivity contribution in [2.24, 2.45) is 0 Å². The third-order valence-electron chi connectivity index (χ3n) is 1.69. The van der Waals surface area contributed by atoms with Gasteiger partial charge in [-0.05, 0) is 18.2 Å². The fourth-order valence-corrected chi connectivity index (χ4v) is 2.37. The van der Waals surface area contributed by atoms with Crippen LogP contribution in [0.1, 0.15) is 5.56 Å². The lowest BCUT2D eigenvalue weighted by molar-refractivity contribution is -0.138. The molecule has 0 atom stereocenters. The Bertz CT molecular complexity index is 516. The van der Waals surface area contributed by atoms with Gasteiger partial charge in [0.2, 0.25) is 10.0 Å². The van der Waals surface area contributed by atoms with E-state index >= 15 is 0 Å². The van der Waals surface area contributed by atoms with Crippen LogP contribution in [0.2, 0.25) is 0 Å². The van der Waals surface area contributed by atoms with E-state index in [2.05, 4.69) is 31.9 Å². The molecule has 0 radical (unpaired) electrons. The highest BCUT2D eigenvalue weighted by molar-refractivity contribution is 9.11. The number of hydrogen-bond donors (Lipinski definition) is 1. The van der Waals surface area contributed by atoms with E-state index in [0.29, 0.717) is 0 Å². The van der Waals surface area contributed by atoms with E-state index in [-0.39, 0.29) is 10.2 Å². The molecule has 17 heavy (non-hydrogen) atoms. The minimum Gasteiger partial charge on any atom is -0.283 e. The Labute approximate surface area is 113 Å². The molecule has 0 amide bonds. The Hall–Kier alpha value is -0.280. The third kappa shape index (κ3) is 4.14. The molecule has 0 fully saturated rings. The molecule has 0 spiro atoms. The molecule has 0 unspecified atom stereocenters. The molecular formula is C8H6Br2F3NO2S. The predicted molar refractivity (Wildman–Crippen MR) is 65.5 cm³/mol. The lowest BCUT2D eigenvalue weighted by Gasteiger charge is -2.12. The van der Waals surface area contributed by atoms with Crippen molar-refractivity contribution in [2.75, 3.05) is 9.38 Å². The Morgan fingerprint density at radius 2 is 1.88 bits per heavy atom. The Morgan fingerprint density at radius 3 is 2.35 bits per heavy atom. The van der Waals surface area contributed by atoms with Crippen LogP contribution < -0.4 is 4.72 Å². The van der Waals surface area contributed by atoms with E-state index in [4.69, 9.17) is 0 Å². The number of halogens is 5. The van der Waals surface area contributed by atoms with Gasteiger partial charge in [0.25, 0.3) is 0 Å². The summed E-state index contributed by atoms with van der Waals surface area (Å²) in [5.74, 6) is 0. The first-order chi connectivity index (χ1) is 7.65. The van der Waals surface area contributed by atoms with Gasteiger partial charge in [0, 0.05) is 10.2 Å². The van der Waals surface area contributed by atoms with Crippen LogP contribution in [-0.2, 0) is 16.2 Å². The van der Waals surface area contributed by atoms with Crippen LogP contribution in [0.4, 0.5) is 18.9 Å². The molecule has 0 aliphatic carbocycles. The number of hydrogen-bond acceptors (Lipinski definition) is 2. The number of sulfonamides is 1. The summed E-state index contributed by atoms with van der Waals surface area (Å²) in [4.78, 5) is 0. The molecule has 1 aromatic rings. The number of nitrogens with one attached hydrogen (secondary N) is 1. The average Bonchev–Trinajstić information content (AvgIpc) is 2.19. The standard InChI is InChI=1S/C8H6Br2F3NO2S/c9-4-17(15,16)14-5-1-2-7(10)6(3-5)8(11,12)13/h1-3,14H,4H2. The van der Waals surface area contributed by atoms with E-state index in [1.807, 2.05) is 4.72 Å². The van der Waals surface area contributed by atoms with Crippen LogP contribution in [0.5, 0.6) is 0 Å². The molecule has 3 nitrogen and oxygen atoms in total. The first kappa shape index (κ1) is 14.8. The lowest BCUT2D eigenvalue weighted by Crippen LogP contribution is -2.14. The van der Waals surface area contributed by atoms with Gasteiger partial charge in [0.15, 0.2) is 0 Å². The minimum absolute atomic E-state index is 0.139. The third-order valence-corrected chi connectivity index (χ3v) is 5.02. The maximum Gasteiger partial charge on any atom is 0.417 e. The fraction of sp³-hybridized carbons (Fsp3) is 0.250. The summed E-state index contributed by atoms with van der Waals surface area (Å²) >= 11 is 5.48. The van der Waals surface area contributed by atoms with Crippen molar-refractivity contribution in [3.05, 3.63) is 28.2 Å². The highest BCUT2D eigenvalue weighted by Crippen LogP contribution is 2.36. The summed E-state index contributed by atoms with van der Waals surface area (Å²) in [7, 11) is -3.66. The molecule has 0 aliphatic rings. The second kappa shape index (κ2) is 5.15. The molecule has 0 aliphatic heterocycles. The zero-order valence-electron chi connectivity index (χ0n) is 8.05. The maximum absolute atomic E-state index is 12.5. The van der Waals surface area contributed by atoms with Gasteiger partial charge in [-0.2, -0.15) is 13.2 Å². The molecule has 9 heteroatoms. The van der Waals surface area contributed by atoms with Crippen molar-refractivity contribution in [1.82, 2.24) is 0 Å². The number of rotatable bonds is 3. The summed E-state index contributed by atoms with van der Waals surface area (Å²) in [5, 5.41) is 0. The molecule has 0 saturated carbocycles. The first-order valence-corrected chi connectivity index (χ1v) is 7.65. The molecule has 1 aromatic carbocycles. The van der Waals surface area contributed by atoms with Crippen molar-refractivity contribution in [1.29, 1.82) is 0 Å². The molecule has 1 rings (SSSR count). The largest absolute Gasteiger partial charge is 0.417 e. The van der Waals surface area contributed by atoms with Crippen molar-refractivity contribution in [2.45, 2.75) is 6.18 Å². The van der Waals surface area contributed by atoms with Gasteiger partial charge in [-0.25, -0.2) is 8.42 Å². The molecule has 0 aromatic heterocycles. The van der Waals surface area contributed by atoms with Gasteiger partial charge in [-0.1, -0.05) is 31.9 Å². The summed E-state index contributed by atoms with van der Waals surface area (Å²) < 4.78 is 61.4. The van der Waals surface area contributed by atoms with Crippen molar-refractivity contribution in [3.63, 3.8) is 0 Å². The Kier molecular flexibility index (Phi) is 4.48. The van der Waals surface area contributed by atoms with Gasteiger partial charge >= 0.3 is 6.18 Å². The number of benzene rings is 1. The summed E-state index contributed by atoms with van der Waals surface area (Å²) in [6, 6.07) is 3.10. The van der Waals surface area contributed by atoms with Gasteiger partial charge in [0.05, 0.1) is 5.56 Å². The van der Waals surface area contributed by atoms with Gasteiger partial charge in [-0.3, -0.25) is 4.72 Å². The topological polar surface area (TPSA) is 46.2 Å². The van der Waals surface area contributed by atoms with Crippen molar-refractivity contribution in [3.8, 4) is 0 Å². The van der Waals surface area contributed by atoms with Crippen LogP contribution >= 0.6 is 31.9 Å². The second-order valence-electron chi connectivity index (χ2n) is 3.02. The van der Waals surface area contributed by atoms with Gasteiger partial charge < -0.3 is 0 Å². The molecule has 0 saturated heterocycles. The number of anilines is 1. The Morgan fingerprint density at radius 1 is 1.29 bits per heavy atom. The monoisotopic (exact) mass is 395 g/mol. The van der Waals surface area contributed by atoms with Crippen LogP contribution in [0, 0.1) is 0 Å². The van der Waals surface area contributed by atoms with Crippen molar-refractivity contribution >= 4 is 47.6 Å². The Balaban J connectivity index is 3.14. The van der Waals surface area contributed by atoms with Crippen LogP contribution in [0.3, 0.4) is 0 Å². The molecule has 0 heterocycles. The van der Waals surface area contributed by atoms with E-state index in [9.17, 15) is 21.6 Å². The molecule has 96 valence electrons.